The molecule has 0 aliphatic carbocycles. The van der Waals surface area contributed by atoms with Gasteiger partial charge in [-0.1, -0.05) is 72.8 Å². The number of amides is 2. The molecule has 0 bridgehead atoms. The first kappa shape index (κ1) is 45.0. The molecule has 310 valence electrons. The molecule has 6 rings (SSSR count). The van der Waals surface area contributed by atoms with Crippen LogP contribution in [0.2, 0.25) is 0 Å². The molecule has 2 heterocycles. The fourth-order valence-electron chi connectivity index (χ4n) is 8.38. The molecule has 4 aromatic rings. The summed E-state index contributed by atoms with van der Waals surface area (Å²) in [5, 5.41) is 14.8. The van der Waals surface area contributed by atoms with E-state index >= 15 is 0 Å². The van der Waals surface area contributed by atoms with Gasteiger partial charge in [-0.15, -0.1) is 0 Å². The summed E-state index contributed by atoms with van der Waals surface area (Å²) in [6, 6.07) is 33.3. The normalized spacial score (nSPS) is 17.8. The Balaban J connectivity index is 0.000000225. The number of carboxylic acids is 2. The summed E-state index contributed by atoms with van der Waals surface area (Å²) in [5.74, 6) is -4.10. The molecule has 2 aliphatic rings. The lowest BCUT2D eigenvalue weighted by Gasteiger charge is -2.32. The molecule has 12 nitrogen and oxygen atoms in total. The number of hydrogen-bond donors (Lipinski definition) is 4. The van der Waals surface area contributed by atoms with Gasteiger partial charge in [0.2, 0.25) is 11.8 Å². The Morgan fingerprint density at radius 1 is 0.552 bits per heavy atom. The summed E-state index contributed by atoms with van der Waals surface area (Å²) in [5.41, 5.74) is 19.9. The van der Waals surface area contributed by atoms with E-state index < -0.39 is 22.8 Å². The standard InChI is InChI=1S/2C22H29N3O.C2H2O4/c2*1-4-25-19-12-7-5-10-17(19)16-22(21(23)26,14-9-15-24(2)3)18-11-6-8-13-20(18)25;3-1(4)2(5)6/h2*5-8,10-13H,4,9,14-16H2,1-3H3,(H2,23,26);(H,3,4)(H,5,6). The highest BCUT2D eigenvalue weighted by molar-refractivity contribution is 6.27. The molecule has 58 heavy (non-hydrogen) atoms. The molecule has 0 saturated carbocycles. The zero-order chi connectivity index (χ0) is 42.6. The van der Waals surface area contributed by atoms with Crippen molar-refractivity contribution in [3.63, 3.8) is 0 Å². The van der Waals surface area contributed by atoms with Crippen LogP contribution in [0.3, 0.4) is 0 Å². The van der Waals surface area contributed by atoms with Crippen molar-refractivity contribution >= 4 is 46.5 Å². The number of primary amides is 2. The smallest absolute Gasteiger partial charge is 0.414 e. The van der Waals surface area contributed by atoms with Crippen LogP contribution in [0.1, 0.15) is 61.8 Å². The van der Waals surface area contributed by atoms with Gasteiger partial charge in [-0.3, -0.25) is 9.59 Å². The van der Waals surface area contributed by atoms with Gasteiger partial charge in [0.15, 0.2) is 0 Å². The van der Waals surface area contributed by atoms with Crippen LogP contribution >= 0.6 is 0 Å². The number of benzene rings is 4. The lowest BCUT2D eigenvalue weighted by atomic mass is 9.71. The second-order valence-electron chi connectivity index (χ2n) is 15.5. The van der Waals surface area contributed by atoms with Crippen molar-refractivity contribution in [3.8, 4) is 0 Å². The van der Waals surface area contributed by atoms with Crippen LogP contribution in [-0.4, -0.2) is 98.1 Å². The second-order valence-corrected chi connectivity index (χ2v) is 15.5. The Kier molecular flexibility index (Phi) is 15.6. The van der Waals surface area contributed by atoms with E-state index in [1.54, 1.807) is 0 Å². The third-order valence-corrected chi connectivity index (χ3v) is 11.1. The number of carbonyl (C=O) groups is 4. The first-order valence-electron chi connectivity index (χ1n) is 19.9. The van der Waals surface area contributed by atoms with Gasteiger partial charge in [0.1, 0.15) is 0 Å². The largest absolute Gasteiger partial charge is 0.473 e. The molecule has 0 saturated heterocycles. The minimum absolute atomic E-state index is 0.225. The van der Waals surface area contributed by atoms with Gasteiger partial charge in [-0.05, 0) is 140 Å². The molecular weight excluding hydrogens is 733 g/mol. The number of carbonyl (C=O) groups excluding carboxylic acids is 2. The maximum atomic E-state index is 12.9. The molecule has 2 atom stereocenters. The lowest BCUT2D eigenvalue weighted by molar-refractivity contribution is -0.159. The predicted octanol–water partition coefficient (Wildman–Crippen LogP) is 6.09. The van der Waals surface area contributed by atoms with Crippen molar-refractivity contribution in [2.24, 2.45) is 11.5 Å². The number of para-hydroxylation sites is 4. The second kappa shape index (κ2) is 20.1. The van der Waals surface area contributed by atoms with Crippen LogP contribution in [0.25, 0.3) is 0 Å². The van der Waals surface area contributed by atoms with E-state index in [4.69, 9.17) is 31.3 Å². The zero-order valence-corrected chi connectivity index (χ0v) is 34.8. The van der Waals surface area contributed by atoms with E-state index in [2.05, 4.69) is 122 Å². The highest BCUT2D eigenvalue weighted by Crippen LogP contribution is 2.47. The zero-order valence-electron chi connectivity index (χ0n) is 34.8. The molecule has 0 aromatic heterocycles. The number of nitrogens with zero attached hydrogens (tertiary/aromatic N) is 4. The molecule has 0 fully saturated rings. The van der Waals surface area contributed by atoms with E-state index in [0.717, 1.165) is 74.4 Å². The van der Waals surface area contributed by atoms with Crippen LogP contribution in [0.15, 0.2) is 97.1 Å². The molecule has 0 radical (unpaired) electrons. The number of carboxylic acid groups (broad SMARTS) is 2. The monoisotopic (exact) mass is 792 g/mol. The number of fused-ring (bicyclic) bond motifs is 4. The van der Waals surface area contributed by atoms with Gasteiger partial charge in [-0.25, -0.2) is 9.59 Å². The number of rotatable bonds is 12. The maximum absolute atomic E-state index is 12.9. The summed E-state index contributed by atoms with van der Waals surface area (Å²) in [4.78, 5) is 52.9. The van der Waals surface area contributed by atoms with Crippen molar-refractivity contribution in [1.29, 1.82) is 0 Å². The minimum Gasteiger partial charge on any atom is -0.473 e. The van der Waals surface area contributed by atoms with E-state index in [-0.39, 0.29) is 11.8 Å². The maximum Gasteiger partial charge on any atom is 0.414 e. The molecule has 0 spiro atoms. The van der Waals surface area contributed by atoms with Crippen LogP contribution in [0, 0.1) is 0 Å². The van der Waals surface area contributed by atoms with Crippen molar-refractivity contribution < 1.29 is 29.4 Å². The highest BCUT2D eigenvalue weighted by atomic mass is 16.4. The quantitative estimate of drug-likeness (QED) is 0.123. The van der Waals surface area contributed by atoms with Crippen molar-refractivity contribution in [2.75, 3.05) is 64.2 Å². The summed E-state index contributed by atoms with van der Waals surface area (Å²) >= 11 is 0. The summed E-state index contributed by atoms with van der Waals surface area (Å²) in [6.45, 7) is 7.88. The van der Waals surface area contributed by atoms with E-state index in [0.29, 0.717) is 12.8 Å². The van der Waals surface area contributed by atoms with Gasteiger partial charge >= 0.3 is 11.9 Å². The van der Waals surface area contributed by atoms with Crippen LogP contribution in [-0.2, 0) is 42.8 Å². The molecule has 2 unspecified atom stereocenters. The van der Waals surface area contributed by atoms with E-state index in [1.807, 2.05) is 36.4 Å². The van der Waals surface area contributed by atoms with Gasteiger partial charge < -0.3 is 41.3 Å². The number of hydrogen-bond acceptors (Lipinski definition) is 8. The van der Waals surface area contributed by atoms with E-state index in [9.17, 15) is 9.59 Å². The Morgan fingerprint density at radius 3 is 1.16 bits per heavy atom. The number of anilines is 4. The summed E-state index contributed by atoms with van der Waals surface area (Å²) < 4.78 is 0. The Bertz CT molecular complexity index is 1910. The summed E-state index contributed by atoms with van der Waals surface area (Å²) in [7, 11) is 8.25. The number of nitrogens with two attached hydrogens (primary N) is 2. The van der Waals surface area contributed by atoms with E-state index in [1.165, 1.54) is 22.5 Å². The third kappa shape index (κ3) is 10.0. The molecule has 2 aliphatic heterocycles. The van der Waals surface area contributed by atoms with Crippen molar-refractivity contribution in [3.05, 3.63) is 119 Å². The first-order chi connectivity index (χ1) is 27.6. The number of aliphatic carboxylic acids is 2. The van der Waals surface area contributed by atoms with Gasteiger partial charge in [0, 0.05) is 35.8 Å². The summed E-state index contributed by atoms with van der Waals surface area (Å²) in [6.07, 6.45) is 4.67. The first-order valence-corrected chi connectivity index (χ1v) is 19.9. The molecule has 2 amide bonds. The average Bonchev–Trinajstić information content (AvgIpc) is 3.40. The van der Waals surface area contributed by atoms with Gasteiger partial charge in [0.05, 0.1) is 10.8 Å². The Hall–Kier alpha value is -5.72. The predicted molar refractivity (Wildman–Crippen MR) is 231 cm³/mol. The fourth-order valence-corrected chi connectivity index (χ4v) is 8.38. The SMILES string of the molecule is CCN1c2ccccc2CC(CCCN(C)C)(C(N)=O)c2ccccc21.CCN1c2ccccc2CC(CCCN(C)C)(C(N)=O)c2ccccc21.O=C(O)C(=O)O. The topological polar surface area (TPSA) is 174 Å². The molecule has 12 heteroatoms. The lowest BCUT2D eigenvalue weighted by Crippen LogP contribution is -2.43. The third-order valence-electron chi connectivity index (χ3n) is 11.1. The van der Waals surface area contributed by atoms with Gasteiger partial charge in [0.25, 0.3) is 0 Å². The Labute approximate surface area is 343 Å². The van der Waals surface area contributed by atoms with Crippen LogP contribution in [0.5, 0.6) is 0 Å². The van der Waals surface area contributed by atoms with Crippen LogP contribution in [0.4, 0.5) is 22.7 Å². The minimum atomic E-state index is -1.82. The highest BCUT2D eigenvalue weighted by Gasteiger charge is 2.44. The van der Waals surface area contributed by atoms with Gasteiger partial charge in [-0.2, -0.15) is 0 Å². The molecule has 6 N–H and O–H groups in total. The fraction of sp³-hybridized carbons (Fsp3) is 0.391. The van der Waals surface area contributed by atoms with Crippen molar-refractivity contribution in [2.45, 2.75) is 63.2 Å². The molecular formula is C46H60N6O6. The van der Waals surface area contributed by atoms with Crippen molar-refractivity contribution in [1.82, 2.24) is 9.80 Å². The van der Waals surface area contributed by atoms with Crippen LogP contribution < -0.4 is 21.3 Å². The molecule has 4 aromatic carbocycles. The Morgan fingerprint density at radius 2 is 0.862 bits per heavy atom. The average molecular weight is 793 g/mol.